The molecule has 0 aliphatic rings. The molecule has 0 N–H and O–H groups in total. The first-order chi connectivity index (χ1) is 8.65. The van der Waals surface area contributed by atoms with Crippen molar-refractivity contribution in [3.05, 3.63) is 47.4 Å². The lowest BCUT2D eigenvalue weighted by Crippen LogP contribution is -2.06. The van der Waals surface area contributed by atoms with E-state index in [2.05, 4.69) is 0 Å². The summed E-state index contributed by atoms with van der Waals surface area (Å²) in [5, 5.41) is 0. The predicted molar refractivity (Wildman–Crippen MR) is 69.6 cm³/mol. The van der Waals surface area contributed by atoms with Crippen LogP contribution in [0.3, 0.4) is 0 Å². The fourth-order valence-electron chi connectivity index (χ4n) is 2.09. The topological polar surface area (TPSA) is 39.4 Å². The van der Waals surface area contributed by atoms with Crippen LogP contribution in [0.2, 0.25) is 0 Å². The number of aryl methyl sites for hydroxylation is 2. The summed E-state index contributed by atoms with van der Waals surface area (Å²) in [7, 11) is 0. The van der Waals surface area contributed by atoms with Gasteiger partial charge in [0.05, 0.1) is 6.61 Å². The molecule has 3 nitrogen and oxygen atoms in total. The second-order valence-electron chi connectivity index (χ2n) is 4.05. The van der Waals surface area contributed by atoms with Crippen LogP contribution >= 0.6 is 0 Å². The van der Waals surface area contributed by atoms with Crippen LogP contribution in [-0.4, -0.2) is 12.6 Å². The number of rotatable bonds is 3. The average molecular weight is 244 g/mol. The number of esters is 1. The molecule has 2 aromatic rings. The molecule has 0 amide bonds. The summed E-state index contributed by atoms with van der Waals surface area (Å²) in [5.74, 6) is 1.01. The number of carbonyl (C=O) groups excluding carboxylic acids is 1. The average Bonchev–Trinajstić information content (AvgIpc) is 2.65. The van der Waals surface area contributed by atoms with Crippen molar-refractivity contribution in [1.29, 1.82) is 0 Å². The van der Waals surface area contributed by atoms with Crippen molar-refractivity contribution in [2.45, 2.75) is 20.8 Å². The van der Waals surface area contributed by atoms with E-state index in [9.17, 15) is 4.79 Å². The van der Waals surface area contributed by atoms with Gasteiger partial charge in [-0.15, -0.1) is 0 Å². The highest BCUT2D eigenvalue weighted by molar-refractivity contribution is 5.99. The Hall–Kier alpha value is -2.03. The van der Waals surface area contributed by atoms with Crippen molar-refractivity contribution in [3.8, 4) is 11.1 Å². The first-order valence-corrected chi connectivity index (χ1v) is 5.97. The molecule has 1 aromatic heterocycles. The van der Waals surface area contributed by atoms with Gasteiger partial charge in [0.1, 0.15) is 17.1 Å². The molecule has 3 heteroatoms. The van der Waals surface area contributed by atoms with Crippen LogP contribution in [-0.2, 0) is 4.74 Å². The zero-order chi connectivity index (χ0) is 13.1. The Morgan fingerprint density at radius 3 is 2.44 bits per heavy atom. The van der Waals surface area contributed by atoms with E-state index in [0.717, 1.165) is 16.9 Å². The standard InChI is InChI=1S/C15H16O3/c1-4-17-15(16)14-11(3)18-10(2)13(14)12-8-6-5-7-9-12/h5-9H,4H2,1-3H3. The Balaban J connectivity index is 2.57. The fraction of sp³-hybridized carbons (Fsp3) is 0.267. The van der Waals surface area contributed by atoms with Crippen LogP contribution in [0.5, 0.6) is 0 Å². The van der Waals surface area contributed by atoms with E-state index >= 15 is 0 Å². The highest BCUT2D eigenvalue weighted by atomic mass is 16.5. The Labute approximate surface area is 106 Å². The number of hydrogen-bond donors (Lipinski definition) is 0. The maximum atomic E-state index is 12.0. The highest BCUT2D eigenvalue weighted by Crippen LogP contribution is 2.32. The maximum Gasteiger partial charge on any atom is 0.342 e. The molecule has 0 spiro atoms. The summed E-state index contributed by atoms with van der Waals surface area (Å²) >= 11 is 0. The fourth-order valence-corrected chi connectivity index (χ4v) is 2.09. The summed E-state index contributed by atoms with van der Waals surface area (Å²) in [6, 6.07) is 9.73. The summed E-state index contributed by atoms with van der Waals surface area (Å²) in [5.41, 5.74) is 2.32. The first-order valence-electron chi connectivity index (χ1n) is 5.97. The molecule has 94 valence electrons. The van der Waals surface area contributed by atoms with Crippen molar-refractivity contribution >= 4 is 5.97 Å². The van der Waals surface area contributed by atoms with E-state index in [1.165, 1.54) is 0 Å². The van der Waals surface area contributed by atoms with E-state index in [0.29, 0.717) is 17.9 Å². The summed E-state index contributed by atoms with van der Waals surface area (Å²) in [6.45, 7) is 5.79. The van der Waals surface area contributed by atoms with Gasteiger partial charge >= 0.3 is 5.97 Å². The molecule has 0 aliphatic heterocycles. The number of carbonyl (C=O) groups is 1. The third-order valence-corrected chi connectivity index (χ3v) is 2.80. The Bertz CT molecular complexity index is 553. The zero-order valence-corrected chi connectivity index (χ0v) is 10.8. The van der Waals surface area contributed by atoms with Gasteiger partial charge in [-0.25, -0.2) is 4.79 Å². The van der Waals surface area contributed by atoms with E-state index in [4.69, 9.17) is 9.15 Å². The molecule has 0 saturated heterocycles. The van der Waals surface area contributed by atoms with Crippen LogP contribution in [0, 0.1) is 13.8 Å². The van der Waals surface area contributed by atoms with Gasteiger partial charge in [0.2, 0.25) is 0 Å². The van der Waals surface area contributed by atoms with E-state index in [-0.39, 0.29) is 5.97 Å². The van der Waals surface area contributed by atoms with Gasteiger partial charge in [0, 0.05) is 5.56 Å². The number of hydrogen-bond acceptors (Lipinski definition) is 3. The van der Waals surface area contributed by atoms with Gasteiger partial charge in [0.25, 0.3) is 0 Å². The molecule has 1 heterocycles. The highest BCUT2D eigenvalue weighted by Gasteiger charge is 2.23. The molecule has 0 aliphatic carbocycles. The van der Waals surface area contributed by atoms with E-state index in [1.54, 1.807) is 13.8 Å². The van der Waals surface area contributed by atoms with E-state index in [1.807, 2.05) is 37.3 Å². The molecule has 0 saturated carbocycles. The van der Waals surface area contributed by atoms with Crippen molar-refractivity contribution in [1.82, 2.24) is 0 Å². The van der Waals surface area contributed by atoms with Crippen molar-refractivity contribution in [2.75, 3.05) is 6.61 Å². The summed E-state index contributed by atoms with van der Waals surface area (Å²) < 4.78 is 10.7. The monoisotopic (exact) mass is 244 g/mol. The smallest absolute Gasteiger partial charge is 0.342 e. The molecule has 1 aromatic carbocycles. The number of benzene rings is 1. The molecular formula is C15H16O3. The largest absolute Gasteiger partial charge is 0.465 e. The van der Waals surface area contributed by atoms with Crippen LogP contribution in [0.15, 0.2) is 34.7 Å². The molecule has 0 bridgehead atoms. The summed E-state index contributed by atoms with van der Waals surface area (Å²) in [6.07, 6.45) is 0. The minimum atomic E-state index is -0.328. The number of ether oxygens (including phenoxy) is 1. The minimum Gasteiger partial charge on any atom is -0.465 e. The second-order valence-corrected chi connectivity index (χ2v) is 4.05. The van der Waals surface area contributed by atoms with Gasteiger partial charge in [0.15, 0.2) is 0 Å². The van der Waals surface area contributed by atoms with Gasteiger partial charge in [-0.1, -0.05) is 30.3 Å². The Morgan fingerprint density at radius 2 is 1.83 bits per heavy atom. The Kier molecular flexibility index (Phi) is 3.51. The molecule has 0 radical (unpaired) electrons. The van der Waals surface area contributed by atoms with Crippen LogP contribution < -0.4 is 0 Å². The molecular weight excluding hydrogens is 228 g/mol. The van der Waals surface area contributed by atoms with Crippen LogP contribution in [0.4, 0.5) is 0 Å². The molecule has 18 heavy (non-hydrogen) atoms. The zero-order valence-electron chi connectivity index (χ0n) is 10.8. The molecule has 0 atom stereocenters. The lowest BCUT2D eigenvalue weighted by atomic mass is 10.0. The molecule has 0 unspecified atom stereocenters. The van der Waals surface area contributed by atoms with Gasteiger partial charge in [-0.05, 0) is 26.3 Å². The Morgan fingerprint density at radius 1 is 1.17 bits per heavy atom. The SMILES string of the molecule is CCOC(=O)c1c(C)oc(C)c1-c1ccccc1. The van der Waals surface area contributed by atoms with Crippen molar-refractivity contribution in [3.63, 3.8) is 0 Å². The third-order valence-electron chi connectivity index (χ3n) is 2.80. The lowest BCUT2D eigenvalue weighted by molar-refractivity contribution is 0.0525. The third kappa shape index (κ3) is 2.16. The predicted octanol–water partition coefficient (Wildman–Crippen LogP) is 3.74. The second kappa shape index (κ2) is 5.08. The van der Waals surface area contributed by atoms with Crippen LogP contribution in [0.25, 0.3) is 11.1 Å². The molecule has 2 rings (SSSR count). The van der Waals surface area contributed by atoms with Crippen molar-refractivity contribution < 1.29 is 13.9 Å². The first kappa shape index (κ1) is 12.4. The van der Waals surface area contributed by atoms with Gasteiger partial charge < -0.3 is 9.15 Å². The van der Waals surface area contributed by atoms with Crippen LogP contribution in [0.1, 0.15) is 28.8 Å². The molecule has 0 fully saturated rings. The number of furan rings is 1. The van der Waals surface area contributed by atoms with Crippen molar-refractivity contribution in [2.24, 2.45) is 0 Å². The summed E-state index contributed by atoms with van der Waals surface area (Å²) in [4.78, 5) is 12.0. The van der Waals surface area contributed by atoms with E-state index < -0.39 is 0 Å². The maximum absolute atomic E-state index is 12.0. The normalized spacial score (nSPS) is 10.4. The van der Waals surface area contributed by atoms with Gasteiger partial charge in [-0.3, -0.25) is 0 Å². The lowest BCUT2D eigenvalue weighted by Gasteiger charge is -2.04. The van der Waals surface area contributed by atoms with Gasteiger partial charge in [-0.2, -0.15) is 0 Å². The minimum absolute atomic E-state index is 0.328. The quantitative estimate of drug-likeness (QED) is 0.772.